The van der Waals surface area contributed by atoms with Gasteiger partial charge >= 0.3 is 0 Å². The predicted molar refractivity (Wildman–Crippen MR) is 76.3 cm³/mol. The molecule has 98 valence electrons. The topological polar surface area (TPSA) is 54.7 Å². The Morgan fingerprint density at radius 3 is 2.67 bits per heavy atom. The van der Waals surface area contributed by atoms with Gasteiger partial charge in [-0.05, 0) is 29.0 Å². The first-order chi connectivity index (χ1) is 8.40. The summed E-state index contributed by atoms with van der Waals surface area (Å²) in [6.07, 6.45) is 0.982. The van der Waals surface area contributed by atoms with Crippen molar-refractivity contribution in [2.75, 3.05) is 0 Å². The van der Waals surface area contributed by atoms with Gasteiger partial charge in [-0.2, -0.15) is 0 Å². The molecule has 0 radical (unpaired) electrons. The van der Waals surface area contributed by atoms with Crippen LogP contribution >= 0.6 is 0 Å². The number of nitrogens with zero attached hydrogens (tertiary/aromatic N) is 1. The Bertz CT molecular complexity index is 534. The maximum Gasteiger partial charge on any atom is 0.107 e. The van der Waals surface area contributed by atoms with Crippen molar-refractivity contribution in [2.45, 2.75) is 40.7 Å². The van der Waals surface area contributed by atoms with Crippen LogP contribution < -0.4 is 5.73 Å². The van der Waals surface area contributed by atoms with Crippen molar-refractivity contribution in [2.24, 2.45) is 17.1 Å². The molecule has 2 rings (SSSR count). The summed E-state index contributed by atoms with van der Waals surface area (Å²) in [5.74, 6) is 1.66. The summed E-state index contributed by atoms with van der Waals surface area (Å²) in [7, 11) is 0. The average Bonchev–Trinajstić information content (AvgIpc) is 2.68. The van der Waals surface area contributed by atoms with Gasteiger partial charge in [-0.1, -0.05) is 33.8 Å². The first-order valence-electron chi connectivity index (χ1n) is 6.57. The molecule has 1 atom stereocenters. The van der Waals surface area contributed by atoms with Gasteiger partial charge in [-0.3, -0.25) is 0 Å². The van der Waals surface area contributed by atoms with Crippen molar-refractivity contribution >= 4 is 11.0 Å². The summed E-state index contributed by atoms with van der Waals surface area (Å²) in [5, 5.41) is 0. The number of aromatic amines is 1. The number of rotatable bonds is 3. The standard InChI is InChI=1S/C15H23N3/c1-10(15(2,3)4)7-14-17-12-6-5-11(9-16)8-13(12)18-14/h5-6,8,10H,7,9,16H2,1-4H3,(H,17,18). The van der Waals surface area contributed by atoms with Crippen molar-refractivity contribution < 1.29 is 0 Å². The van der Waals surface area contributed by atoms with Crippen LogP contribution in [0.1, 0.15) is 39.1 Å². The highest BCUT2D eigenvalue weighted by Crippen LogP contribution is 2.28. The second-order valence-electron chi connectivity index (χ2n) is 6.21. The summed E-state index contributed by atoms with van der Waals surface area (Å²) in [4.78, 5) is 8.05. The van der Waals surface area contributed by atoms with E-state index < -0.39 is 0 Å². The van der Waals surface area contributed by atoms with Crippen LogP contribution in [0.4, 0.5) is 0 Å². The zero-order chi connectivity index (χ0) is 13.3. The fourth-order valence-corrected chi connectivity index (χ4v) is 1.93. The Morgan fingerprint density at radius 1 is 1.33 bits per heavy atom. The molecule has 0 bridgehead atoms. The van der Waals surface area contributed by atoms with Gasteiger partial charge in [0.2, 0.25) is 0 Å². The van der Waals surface area contributed by atoms with Crippen LogP contribution in [0.3, 0.4) is 0 Å². The lowest BCUT2D eigenvalue weighted by atomic mass is 9.80. The average molecular weight is 245 g/mol. The summed E-state index contributed by atoms with van der Waals surface area (Å²) >= 11 is 0. The van der Waals surface area contributed by atoms with Crippen molar-refractivity contribution in [3.63, 3.8) is 0 Å². The molecular weight excluding hydrogens is 222 g/mol. The molecule has 0 amide bonds. The Kier molecular flexibility index (Phi) is 3.44. The molecule has 1 unspecified atom stereocenters. The number of imidazole rings is 1. The van der Waals surface area contributed by atoms with Crippen LogP contribution in [0, 0.1) is 11.3 Å². The number of nitrogens with one attached hydrogen (secondary N) is 1. The molecule has 1 heterocycles. The molecule has 0 aliphatic rings. The lowest BCUT2D eigenvalue weighted by Gasteiger charge is -2.26. The molecule has 0 aliphatic carbocycles. The zero-order valence-electron chi connectivity index (χ0n) is 11.7. The third-order valence-electron chi connectivity index (χ3n) is 3.81. The Balaban J connectivity index is 2.25. The molecule has 2 aromatic rings. The van der Waals surface area contributed by atoms with Gasteiger partial charge < -0.3 is 10.7 Å². The van der Waals surface area contributed by atoms with Crippen LogP contribution in [-0.4, -0.2) is 9.97 Å². The Hall–Kier alpha value is -1.35. The monoisotopic (exact) mass is 245 g/mol. The number of hydrogen-bond donors (Lipinski definition) is 2. The molecule has 0 aliphatic heterocycles. The van der Waals surface area contributed by atoms with Gasteiger partial charge in [0.1, 0.15) is 5.82 Å². The lowest BCUT2D eigenvalue weighted by Crippen LogP contribution is -2.19. The predicted octanol–water partition coefficient (Wildman–Crippen LogP) is 3.25. The highest BCUT2D eigenvalue weighted by Gasteiger charge is 2.21. The SMILES string of the molecule is CC(Cc1nc2ccc(CN)cc2[nH]1)C(C)(C)C. The number of H-pyrrole nitrogens is 1. The van der Waals surface area contributed by atoms with E-state index in [2.05, 4.69) is 43.7 Å². The van der Waals surface area contributed by atoms with Crippen LogP contribution in [-0.2, 0) is 13.0 Å². The molecule has 1 aromatic heterocycles. The second-order valence-corrected chi connectivity index (χ2v) is 6.21. The van der Waals surface area contributed by atoms with Crippen LogP contribution in [0.5, 0.6) is 0 Å². The summed E-state index contributed by atoms with van der Waals surface area (Å²) in [6.45, 7) is 9.66. The van der Waals surface area contributed by atoms with Crippen LogP contribution in [0.15, 0.2) is 18.2 Å². The lowest BCUT2D eigenvalue weighted by molar-refractivity contribution is 0.257. The molecule has 1 aromatic carbocycles. The Morgan fingerprint density at radius 2 is 2.06 bits per heavy atom. The van der Waals surface area contributed by atoms with E-state index >= 15 is 0 Å². The smallest absolute Gasteiger partial charge is 0.107 e. The van der Waals surface area contributed by atoms with Crippen LogP contribution in [0.25, 0.3) is 11.0 Å². The number of nitrogens with two attached hydrogens (primary N) is 1. The van der Waals surface area contributed by atoms with E-state index in [4.69, 9.17) is 5.73 Å². The summed E-state index contributed by atoms with van der Waals surface area (Å²) in [6, 6.07) is 6.17. The zero-order valence-corrected chi connectivity index (χ0v) is 11.7. The Labute approximate surface area is 109 Å². The maximum atomic E-state index is 5.65. The quantitative estimate of drug-likeness (QED) is 0.872. The minimum absolute atomic E-state index is 0.307. The highest BCUT2D eigenvalue weighted by atomic mass is 14.9. The van der Waals surface area contributed by atoms with E-state index in [0.29, 0.717) is 17.9 Å². The fraction of sp³-hybridized carbons (Fsp3) is 0.533. The molecule has 3 nitrogen and oxygen atoms in total. The first kappa shape index (κ1) is 13.1. The number of benzene rings is 1. The van der Waals surface area contributed by atoms with E-state index in [0.717, 1.165) is 28.8 Å². The summed E-state index contributed by atoms with van der Waals surface area (Å²) < 4.78 is 0. The van der Waals surface area contributed by atoms with Gasteiger partial charge in [-0.25, -0.2) is 4.98 Å². The molecule has 0 saturated heterocycles. The number of fused-ring (bicyclic) bond motifs is 1. The fourth-order valence-electron chi connectivity index (χ4n) is 1.93. The van der Waals surface area contributed by atoms with Crippen molar-refractivity contribution in [1.82, 2.24) is 9.97 Å². The third-order valence-corrected chi connectivity index (χ3v) is 3.81. The second kappa shape index (κ2) is 4.73. The largest absolute Gasteiger partial charge is 0.342 e. The normalized spacial score (nSPS) is 14.1. The number of hydrogen-bond acceptors (Lipinski definition) is 2. The van der Waals surface area contributed by atoms with Crippen molar-refractivity contribution in [3.05, 3.63) is 29.6 Å². The van der Waals surface area contributed by atoms with E-state index in [-0.39, 0.29) is 0 Å². The molecule has 3 heteroatoms. The van der Waals surface area contributed by atoms with Gasteiger partial charge in [0, 0.05) is 13.0 Å². The van der Waals surface area contributed by atoms with E-state index in [1.807, 2.05) is 12.1 Å². The third kappa shape index (κ3) is 2.72. The highest BCUT2D eigenvalue weighted by molar-refractivity contribution is 5.75. The van der Waals surface area contributed by atoms with Crippen LogP contribution in [0.2, 0.25) is 0 Å². The molecule has 0 saturated carbocycles. The van der Waals surface area contributed by atoms with E-state index in [1.54, 1.807) is 0 Å². The first-order valence-corrected chi connectivity index (χ1v) is 6.57. The molecule has 0 spiro atoms. The van der Waals surface area contributed by atoms with Gasteiger partial charge in [0.25, 0.3) is 0 Å². The van der Waals surface area contributed by atoms with Crippen molar-refractivity contribution in [3.8, 4) is 0 Å². The van der Waals surface area contributed by atoms with Crippen molar-refractivity contribution in [1.29, 1.82) is 0 Å². The minimum atomic E-state index is 0.307. The maximum absolute atomic E-state index is 5.65. The molecule has 3 N–H and O–H groups in total. The van der Waals surface area contributed by atoms with Gasteiger partial charge in [-0.15, -0.1) is 0 Å². The molecule has 0 fully saturated rings. The number of aromatic nitrogens is 2. The van der Waals surface area contributed by atoms with Gasteiger partial charge in [0.05, 0.1) is 11.0 Å². The van der Waals surface area contributed by atoms with E-state index in [9.17, 15) is 0 Å². The minimum Gasteiger partial charge on any atom is -0.342 e. The summed E-state index contributed by atoms with van der Waals surface area (Å²) in [5.41, 5.74) is 9.22. The molecular formula is C15H23N3. The van der Waals surface area contributed by atoms with E-state index in [1.165, 1.54) is 0 Å². The molecule has 18 heavy (non-hydrogen) atoms. The van der Waals surface area contributed by atoms with Gasteiger partial charge in [0.15, 0.2) is 0 Å².